The van der Waals surface area contributed by atoms with E-state index in [1.165, 1.54) is 0 Å². The van der Waals surface area contributed by atoms with Crippen LogP contribution in [0.5, 0.6) is 0 Å². The molecule has 1 aromatic rings. The molecule has 0 fully saturated rings. The molecule has 1 aromatic heterocycles. The molecule has 4 nitrogen and oxygen atoms in total. The average Bonchev–Trinajstić information content (AvgIpc) is 2.70. The lowest BCUT2D eigenvalue weighted by Gasteiger charge is -2.20. The minimum atomic E-state index is 0.114. The van der Waals surface area contributed by atoms with Gasteiger partial charge >= 0.3 is 0 Å². The van der Waals surface area contributed by atoms with Crippen molar-refractivity contribution in [3.63, 3.8) is 0 Å². The van der Waals surface area contributed by atoms with Crippen LogP contribution in [0, 0.1) is 0 Å². The highest BCUT2D eigenvalue weighted by atomic mass is 35.5. The smallest absolute Gasteiger partial charge is 0.0835 e. The Morgan fingerprint density at radius 2 is 2.17 bits per heavy atom. The van der Waals surface area contributed by atoms with Crippen molar-refractivity contribution >= 4 is 11.6 Å². The summed E-state index contributed by atoms with van der Waals surface area (Å²) in [6, 6.07) is 0.114. The Bertz CT molecular complexity index is 341. The Hall–Kier alpha value is -0.580. The number of nitrogens with one attached hydrogen (secondary N) is 1. The van der Waals surface area contributed by atoms with E-state index >= 15 is 0 Å². The van der Waals surface area contributed by atoms with E-state index in [0.29, 0.717) is 6.61 Å². The van der Waals surface area contributed by atoms with E-state index in [-0.39, 0.29) is 6.04 Å². The number of aromatic nitrogens is 2. The topological polar surface area (TPSA) is 39.1 Å². The van der Waals surface area contributed by atoms with Crippen LogP contribution in [0.25, 0.3) is 0 Å². The first-order valence-electron chi connectivity index (χ1n) is 6.76. The number of hydrogen-bond acceptors (Lipinski definition) is 3. The van der Waals surface area contributed by atoms with Gasteiger partial charge in [-0.3, -0.25) is 4.68 Å². The predicted molar refractivity (Wildman–Crippen MR) is 75.1 cm³/mol. The van der Waals surface area contributed by atoms with Gasteiger partial charge in [-0.2, -0.15) is 5.10 Å². The molecule has 1 N–H and O–H groups in total. The lowest BCUT2D eigenvalue weighted by molar-refractivity contribution is 0.110. The number of rotatable bonds is 9. The summed E-state index contributed by atoms with van der Waals surface area (Å²) in [5.74, 6) is 0. The SMILES string of the molecule is CCCOCC(NCC)c1c(Cl)cnn1CCC. The molecule has 0 aliphatic rings. The van der Waals surface area contributed by atoms with Crippen molar-refractivity contribution in [1.82, 2.24) is 15.1 Å². The van der Waals surface area contributed by atoms with Gasteiger partial charge in [-0.05, 0) is 19.4 Å². The zero-order chi connectivity index (χ0) is 13.4. The summed E-state index contributed by atoms with van der Waals surface area (Å²) in [6.45, 7) is 9.51. The van der Waals surface area contributed by atoms with Crippen LogP contribution < -0.4 is 5.32 Å². The first kappa shape index (κ1) is 15.5. The maximum Gasteiger partial charge on any atom is 0.0835 e. The number of likely N-dealkylation sites (N-methyl/N-ethyl adjacent to an activating group) is 1. The van der Waals surface area contributed by atoms with Gasteiger partial charge in [0.05, 0.1) is 29.6 Å². The first-order valence-corrected chi connectivity index (χ1v) is 7.14. The fourth-order valence-electron chi connectivity index (χ4n) is 1.93. The maximum absolute atomic E-state index is 6.25. The number of ether oxygens (including phenoxy) is 1. The van der Waals surface area contributed by atoms with Crippen molar-refractivity contribution < 1.29 is 4.74 Å². The Kier molecular flexibility index (Phi) is 7.32. The molecule has 0 spiro atoms. The van der Waals surface area contributed by atoms with Crippen molar-refractivity contribution in [2.75, 3.05) is 19.8 Å². The molecule has 1 unspecified atom stereocenters. The minimum Gasteiger partial charge on any atom is -0.379 e. The summed E-state index contributed by atoms with van der Waals surface area (Å²) in [5, 5.41) is 8.46. The van der Waals surface area contributed by atoms with E-state index in [1.807, 2.05) is 4.68 Å². The molecule has 5 heteroatoms. The molecule has 1 heterocycles. The van der Waals surface area contributed by atoms with Crippen LogP contribution in [-0.4, -0.2) is 29.5 Å². The number of hydrogen-bond donors (Lipinski definition) is 1. The highest BCUT2D eigenvalue weighted by Gasteiger charge is 2.19. The van der Waals surface area contributed by atoms with E-state index in [1.54, 1.807) is 6.20 Å². The van der Waals surface area contributed by atoms with E-state index < -0.39 is 0 Å². The summed E-state index contributed by atoms with van der Waals surface area (Å²) in [4.78, 5) is 0. The quantitative estimate of drug-likeness (QED) is 0.703. The third-order valence-corrected chi connectivity index (χ3v) is 2.97. The Labute approximate surface area is 115 Å². The lowest BCUT2D eigenvalue weighted by atomic mass is 10.2. The van der Waals surface area contributed by atoms with Crippen molar-refractivity contribution in [2.45, 2.75) is 46.2 Å². The highest BCUT2D eigenvalue weighted by molar-refractivity contribution is 6.31. The standard InChI is InChI=1S/C13H24ClN3O/c1-4-7-17-13(11(14)9-16-17)12(15-6-3)10-18-8-5-2/h9,12,15H,4-8,10H2,1-3H3. The van der Waals surface area contributed by atoms with Crippen LogP contribution in [0.15, 0.2) is 6.20 Å². The Morgan fingerprint density at radius 1 is 1.39 bits per heavy atom. The summed E-state index contributed by atoms with van der Waals surface area (Å²) < 4.78 is 7.62. The molecule has 0 saturated heterocycles. The molecular formula is C13H24ClN3O. The third-order valence-electron chi connectivity index (χ3n) is 2.68. The molecule has 0 aliphatic heterocycles. The maximum atomic E-state index is 6.25. The summed E-state index contributed by atoms with van der Waals surface area (Å²) >= 11 is 6.25. The predicted octanol–water partition coefficient (Wildman–Crippen LogP) is 3.02. The molecular weight excluding hydrogens is 250 g/mol. The van der Waals surface area contributed by atoms with Crippen LogP contribution in [-0.2, 0) is 11.3 Å². The molecule has 0 aromatic carbocycles. The first-order chi connectivity index (χ1) is 8.74. The lowest BCUT2D eigenvalue weighted by Crippen LogP contribution is -2.28. The molecule has 1 atom stereocenters. The highest BCUT2D eigenvalue weighted by Crippen LogP contribution is 2.23. The van der Waals surface area contributed by atoms with Gasteiger partial charge in [0.2, 0.25) is 0 Å². The van der Waals surface area contributed by atoms with E-state index in [4.69, 9.17) is 16.3 Å². The van der Waals surface area contributed by atoms with Crippen LogP contribution in [0.4, 0.5) is 0 Å². The van der Waals surface area contributed by atoms with Crippen LogP contribution in [0.1, 0.15) is 45.3 Å². The van der Waals surface area contributed by atoms with Gasteiger partial charge in [0.15, 0.2) is 0 Å². The number of nitrogens with zero attached hydrogens (tertiary/aromatic N) is 2. The zero-order valence-electron chi connectivity index (χ0n) is 11.6. The fourth-order valence-corrected chi connectivity index (χ4v) is 2.21. The van der Waals surface area contributed by atoms with Crippen molar-refractivity contribution in [3.8, 4) is 0 Å². The van der Waals surface area contributed by atoms with E-state index in [0.717, 1.165) is 43.3 Å². The molecule has 0 saturated carbocycles. The second kappa shape index (κ2) is 8.51. The minimum absolute atomic E-state index is 0.114. The van der Waals surface area contributed by atoms with Crippen molar-refractivity contribution in [2.24, 2.45) is 0 Å². The van der Waals surface area contributed by atoms with Gasteiger partial charge in [0.1, 0.15) is 0 Å². The second-order valence-corrected chi connectivity index (χ2v) is 4.69. The molecule has 0 aliphatic carbocycles. The number of halogens is 1. The molecule has 0 amide bonds. The second-order valence-electron chi connectivity index (χ2n) is 4.29. The largest absolute Gasteiger partial charge is 0.379 e. The van der Waals surface area contributed by atoms with Gasteiger partial charge in [0.25, 0.3) is 0 Å². The van der Waals surface area contributed by atoms with Gasteiger partial charge in [0, 0.05) is 13.2 Å². The van der Waals surface area contributed by atoms with Crippen LogP contribution >= 0.6 is 11.6 Å². The van der Waals surface area contributed by atoms with Gasteiger partial charge < -0.3 is 10.1 Å². The van der Waals surface area contributed by atoms with Gasteiger partial charge in [-0.15, -0.1) is 0 Å². The zero-order valence-corrected chi connectivity index (χ0v) is 12.3. The summed E-state index contributed by atoms with van der Waals surface area (Å²) in [7, 11) is 0. The van der Waals surface area contributed by atoms with Crippen molar-refractivity contribution in [3.05, 3.63) is 16.9 Å². The average molecular weight is 274 g/mol. The fraction of sp³-hybridized carbons (Fsp3) is 0.769. The van der Waals surface area contributed by atoms with Crippen LogP contribution in [0.2, 0.25) is 5.02 Å². The van der Waals surface area contributed by atoms with Crippen LogP contribution in [0.3, 0.4) is 0 Å². The van der Waals surface area contributed by atoms with E-state index in [2.05, 4.69) is 31.2 Å². The monoisotopic (exact) mass is 273 g/mol. The Morgan fingerprint density at radius 3 is 2.78 bits per heavy atom. The van der Waals surface area contributed by atoms with Gasteiger partial charge in [-0.1, -0.05) is 32.4 Å². The molecule has 0 bridgehead atoms. The molecule has 104 valence electrons. The summed E-state index contributed by atoms with van der Waals surface area (Å²) in [5.41, 5.74) is 1.04. The normalized spacial score (nSPS) is 12.9. The Balaban J connectivity index is 2.79. The van der Waals surface area contributed by atoms with Crippen molar-refractivity contribution in [1.29, 1.82) is 0 Å². The van der Waals surface area contributed by atoms with E-state index in [9.17, 15) is 0 Å². The molecule has 0 radical (unpaired) electrons. The van der Waals surface area contributed by atoms with Gasteiger partial charge in [-0.25, -0.2) is 0 Å². The third kappa shape index (κ3) is 4.26. The molecule has 1 rings (SSSR count). The molecule has 18 heavy (non-hydrogen) atoms. The summed E-state index contributed by atoms with van der Waals surface area (Å²) in [6.07, 6.45) is 3.79. The number of aryl methyl sites for hydroxylation is 1.